The van der Waals surface area contributed by atoms with E-state index in [-0.39, 0.29) is 13.0 Å². The zero-order valence-corrected chi connectivity index (χ0v) is 23.8. The molecule has 0 aliphatic rings. The molecule has 0 aliphatic carbocycles. The van der Waals surface area contributed by atoms with E-state index in [0.29, 0.717) is 64.6 Å². The Bertz CT molecular complexity index is 1610. The van der Waals surface area contributed by atoms with Gasteiger partial charge < -0.3 is 24.3 Å². The number of halogens is 2. The van der Waals surface area contributed by atoms with Crippen LogP contribution >= 0.6 is 11.6 Å². The van der Waals surface area contributed by atoms with Crippen LogP contribution in [0.3, 0.4) is 0 Å². The van der Waals surface area contributed by atoms with Crippen molar-refractivity contribution in [2.45, 2.75) is 32.7 Å². The lowest BCUT2D eigenvalue weighted by Crippen LogP contribution is -2.10. The minimum absolute atomic E-state index is 0.0546. The third-order valence-corrected chi connectivity index (χ3v) is 6.94. The first-order valence-corrected chi connectivity index (χ1v) is 13.8. The molecule has 0 spiro atoms. The number of nitrogens with zero attached hydrogens (tertiary/aromatic N) is 1. The van der Waals surface area contributed by atoms with E-state index < -0.39 is 17.8 Å². The van der Waals surface area contributed by atoms with Crippen LogP contribution in [-0.2, 0) is 22.6 Å². The van der Waals surface area contributed by atoms with E-state index in [4.69, 9.17) is 26.2 Å². The fourth-order valence-corrected chi connectivity index (χ4v) is 4.80. The van der Waals surface area contributed by atoms with Crippen LogP contribution in [0.5, 0.6) is 11.5 Å². The molecule has 0 saturated carbocycles. The van der Waals surface area contributed by atoms with Gasteiger partial charge in [-0.25, -0.2) is 4.39 Å². The number of rotatable bonds is 14. The summed E-state index contributed by atoms with van der Waals surface area (Å²) in [6.07, 6.45) is 8.02. The fraction of sp³-hybridized carbons (Fsp3) is 0.212. The van der Waals surface area contributed by atoms with Gasteiger partial charge in [0.2, 0.25) is 0 Å². The maximum absolute atomic E-state index is 15.1. The van der Waals surface area contributed by atoms with Gasteiger partial charge in [0.05, 0.1) is 5.52 Å². The van der Waals surface area contributed by atoms with Crippen LogP contribution in [0.25, 0.3) is 23.1 Å². The number of hydrogen-bond acceptors (Lipinski definition) is 4. The van der Waals surface area contributed by atoms with E-state index in [1.165, 1.54) is 6.07 Å². The van der Waals surface area contributed by atoms with Gasteiger partial charge in [-0.2, -0.15) is 0 Å². The van der Waals surface area contributed by atoms with Crippen molar-refractivity contribution in [1.29, 1.82) is 0 Å². The first-order chi connectivity index (χ1) is 20.2. The lowest BCUT2D eigenvalue weighted by Gasteiger charge is -2.08. The average Bonchev–Trinajstić information content (AvgIpc) is 3.23. The Morgan fingerprint density at radius 1 is 0.881 bits per heavy atom. The summed E-state index contributed by atoms with van der Waals surface area (Å²) >= 11 is 5.87. The molecule has 3 aromatic carbocycles. The lowest BCUT2D eigenvalue weighted by molar-refractivity contribution is -0.138. The predicted octanol–water partition coefficient (Wildman–Crippen LogP) is 7.42. The zero-order chi connectivity index (χ0) is 30.1. The molecule has 0 radical (unpaired) electrons. The highest BCUT2D eigenvalue weighted by molar-refractivity contribution is 6.30. The Labute approximate surface area is 248 Å². The van der Waals surface area contributed by atoms with Crippen molar-refractivity contribution in [2.24, 2.45) is 0 Å². The molecular formula is C33H31ClFNO6. The second-order valence-corrected chi connectivity index (χ2v) is 10.0. The van der Waals surface area contributed by atoms with Gasteiger partial charge in [0.15, 0.2) is 0 Å². The monoisotopic (exact) mass is 591 g/mol. The molecule has 0 saturated heterocycles. The lowest BCUT2D eigenvalue weighted by atomic mass is 10.0. The van der Waals surface area contributed by atoms with Crippen LogP contribution in [0, 0.1) is 12.7 Å². The van der Waals surface area contributed by atoms with E-state index >= 15 is 4.39 Å². The van der Waals surface area contributed by atoms with Crippen LogP contribution in [-0.4, -0.2) is 39.9 Å². The van der Waals surface area contributed by atoms with Gasteiger partial charge in [-0.15, -0.1) is 0 Å². The van der Waals surface area contributed by atoms with Gasteiger partial charge in [0.1, 0.15) is 37.1 Å². The number of hydrogen-bond donors (Lipinski definition) is 2. The highest BCUT2D eigenvalue weighted by atomic mass is 35.5. The highest BCUT2D eigenvalue weighted by Crippen LogP contribution is 2.33. The van der Waals surface area contributed by atoms with Gasteiger partial charge in [-0.05, 0) is 97.1 Å². The standard InChI is InChI=1S/C33H31ClFNO6/c1-22-28(5-4-6-30(37)38)32-29(35)18-11-24(33(32)36(22)21-31(39)40)10-7-23-8-14-26(15-9-23)41-19-2-3-20-42-27-16-12-25(34)13-17-27/h2-3,7-18H,4-6,19-21H2,1H3,(H,37,38)(H,39,40). The maximum atomic E-state index is 15.1. The van der Waals surface area contributed by atoms with Gasteiger partial charge >= 0.3 is 11.9 Å². The number of carbonyl (C=O) groups is 2. The van der Waals surface area contributed by atoms with E-state index in [1.807, 2.05) is 48.6 Å². The maximum Gasteiger partial charge on any atom is 0.323 e. The Morgan fingerprint density at radius 2 is 1.50 bits per heavy atom. The number of aliphatic carboxylic acids is 2. The molecule has 4 rings (SSSR count). The highest BCUT2D eigenvalue weighted by Gasteiger charge is 2.21. The number of carboxylic acid groups (broad SMARTS) is 2. The topological polar surface area (TPSA) is 98.0 Å². The summed E-state index contributed by atoms with van der Waals surface area (Å²) in [5.41, 5.74) is 3.26. The van der Waals surface area contributed by atoms with E-state index in [2.05, 4.69) is 0 Å². The number of carboxylic acids is 2. The number of benzene rings is 3. The van der Waals surface area contributed by atoms with E-state index in [9.17, 15) is 14.7 Å². The fourth-order valence-electron chi connectivity index (χ4n) is 4.68. The molecule has 218 valence electrons. The van der Waals surface area contributed by atoms with Crippen molar-refractivity contribution in [3.8, 4) is 11.5 Å². The van der Waals surface area contributed by atoms with Crippen LogP contribution in [0.4, 0.5) is 4.39 Å². The van der Waals surface area contributed by atoms with Gasteiger partial charge in [0, 0.05) is 22.5 Å². The van der Waals surface area contributed by atoms with Crippen molar-refractivity contribution in [2.75, 3.05) is 13.2 Å². The first-order valence-electron chi connectivity index (χ1n) is 13.4. The van der Waals surface area contributed by atoms with Crippen molar-refractivity contribution in [3.63, 3.8) is 0 Å². The summed E-state index contributed by atoms with van der Waals surface area (Å²) < 4.78 is 28.0. The number of ether oxygens (including phenoxy) is 2. The summed E-state index contributed by atoms with van der Waals surface area (Å²) in [6.45, 7) is 2.19. The quantitative estimate of drug-likeness (QED) is 0.117. The second kappa shape index (κ2) is 14.4. The van der Waals surface area contributed by atoms with Crippen LogP contribution in [0.1, 0.15) is 35.2 Å². The molecule has 0 bridgehead atoms. The third-order valence-electron chi connectivity index (χ3n) is 6.69. The van der Waals surface area contributed by atoms with Crippen molar-refractivity contribution in [1.82, 2.24) is 4.57 Å². The summed E-state index contributed by atoms with van der Waals surface area (Å²) in [7, 11) is 0. The average molecular weight is 592 g/mol. The number of aryl methyl sites for hydroxylation is 1. The van der Waals surface area contributed by atoms with Gasteiger partial charge in [0.25, 0.3) is 0 Å². The predicted molar refractivity (Wildman–Crippen MR) is 162 cm³/mol. The minimum Gasteiger partial charge on any atom is -0.490 e. The SMILES string of the molecule is Cc1c(CCCC(=O)O)c2c(F)ccc(C=Cc3ccc(OCC=CCOc4ccc(Cl)cc4)cc3)c2n1CC(=O)O. The van der Waals surface area contributed by atoms with Gasteiger partial charge in [-0.1, -0.05) is 35.9 Å². The second-order valence-electron chi connectivity index (χ2n) is 9.60. The number of fused-ring (bicyclic) bond motifs is 1. The molecular weight excluding hydrogens is 561 g/mol. The van der Waals surface area contributed by atoms with Crippen LogP contribution in [0.2, 0.25) is 5.02 Å². The Morgan fingerprint density at radius 3 is 2.10 bits per heavy atom. The molecule has 2 N–H and O–H groups in total. The van der Waals surface area contributed by atoms with Gasteiger partial charge in [-0.3, -0.25) is 9.59 Å². The summed E-state index contributed by atoms with van der Waals surface area (Å²) in [5.74, 6) is -1.02. The van der Waals surface area contributed by atoms with Crippen LogP contribution in [0.15, 0.2) is 72.8 Å². The number of aromatic nitrogens is 1. The smallest absolute Gasteiger partial charge is 0.323 e. The van der Waals surface area contributed by atoms with Crippen molar-refractivity contribution >= 4 is 46.6 Å². The molecule has 0 unspecified atom stereocenters. The molecule has 0 amide bonds. The zero-order valence-electron chi connectivity index (χ0n) is 23.1. The molecule has 7 nitrogen and oxygen atoms in total. The molecule has 4 aromatic rings. The molecule has 0 aliphatic heterocycles. The largest absolute Gasteiger partial charge is 0.490 e. The molecule has 1 heterocycles. The molecule has 0 atom stereocenters. The molecule has 42 heavy (non-hydrogen) atoms. The Kier molecular flexibility index (Phi) is 10.4. The third kappa shape index (κ3) is 8.01. The van der Waals surface area contributed by atoms with Crippen molar-refractivity contribution < 1.29 is 33.7 Å². The van der Waals surface area contributed by atoms with Crippen molar-refractivity contribution in [3.05, 3.63) is 106 Å². The van der Waals surface area contributed by atoms with E-state index in [1.54, 1.807) is 41.8 Å². The summed E-state index contributed by atoms with van der Waals surface area (Å²) in [6, 6.07) is 17.6. The Hall–Kier alpha value is -4.56. The minimum atomic E-state index is -1.05. The molecule has 9 heteroatoms. The molecule has 1 aromatic heterocycles. The normalized spacial score (nSPS) is 11.5. The molecule has 0 fully saturated rings. The van der Waals surface area contributed by atoms with E-state index in [0.717, 1.165) is 11.3 Å². The summed E-state index contributed by atoms with van der Waals surface area (Å²) in [4.78, 5) is 22.7. The first kappa shape index (κ1) is 30.4. The Balaban J connectivity index is 1.44. The summed E-state index contributed by atoms with van der Waals surface area (Å²) in [5, 5.41) is 19.5. The van der Waals surface area contributed by atoms with Crippen LogP contribution < -0.4 is 9.47 Å².